The van der Waals surface area contributed by atoms with Crippen molar-refractivity contribution < 1.29 is 0 Å². The quantitative estimate of drug-likeness (QED) is 0.571. The molecule has 0 nitrogen and oxygen atoms in total. The SMILES string of the molecule is CCC1(C)C=CC2=C(C=C1)C1=C(C=CC(C)(C)C=C1)C2. The summed E-state index contributed by atoms with van der Waals surface area (Å²) in [6.45, 7) is 9.08. The van der Waals surface area contributed by atoms with Crippen molar-refractivity contribution in [3.63, 3.8) is 0 Å². The summed E-state index contributed by atoms with van der Waals surface area (Å²) in [6.07, 6.45) is 20.9. The Balaban J connectivity index is 2.01. The summed E-state index contributed by atoms with van der Waals surface area (Å²) in [5, 5.41) is 0. The highest BCUT2D eigenvalue weighted by molar-refractivity contribution is 5.64. The maximum absolute atomic E-state index is 2.37. The molecular formula is C20H24. The fourth-order valence-electron chi connectivity index (χ4n) is 2.96. The van der Waals surface area contributed by atoms with Crippen molar-refractivity contribution in [2.45, 2.75) is 40.5 Å². The van der Waals surface area contributed by atoms with Gasteiger partial charge >= 0.3 is 0 Å². The molecule has 0 aromatic heterocycles. The first-order chi connectivity index (χ1) is 9.42. The second kappa shape index (κ2) is 4.48. The van der Waals surface area contributed by atoms with Crippen molar-refractivity contribution in [2.24, 2.45) is 10.8 Å². The molecule has 3 aliphatic carbocycles. The molecule has 1 atom stereocenters. The van der Waals surface area contributed by atoms with E-state index in [1.54, 1.807) is 0 Å². The monoisotopic (exact) mass is 264 g/mol. The van der Waals surface area contributed by atoms with Gasteiger partial charge in [0.15, 0.2) is 0 Å². The minimum absolute atomic E-state index is 0.160. The van der Waals surface area contributed by atoms with Gasteiger partial charge in [0.2, 0.25) is 0 Å². The van der Waals surface area contributed by atoms with Crippen LogP contribution in [0.15, 0.2) is 70.9 Å². The van der Waals surface area contributed by atoms with Gasteiger partial charge in [-0.05, 0) is 35.1 Å². The Kier molecular flexibility index (Phi) is 3.01. The lowest BCUT2D eigenvalue weighted by Crippen LogP contribution is -2.06. The molecule has 0 amide bonds. The third-order valence-electron chi connectivity index (χ3n) is 4.81. The van der Waals surface area contributed by atoms with Crippen LogP contribution >= 0.6 is 0 Å². The van der Waals surface area contributed by atoms with Crippen molar-refractivity contribution in [3.05, 3.63) is 70.9 Å². The zero-order valence-electron chi connectivity index (χ0n) is 13.0. The van der Waals surface area contributed by atoms with E-state index >= 15 is 0 Å². The topological polar surface area (TPSA) is 0 Å². The maximum Gasteiger partial charge on any atom is 0.00366 e. The Morgan fingerprint density at radius 1 is 0.800 bits per heavy atom. The van der Waals surface area contributed by atoms with Crippen LogP contribution in [-0.2, 0) is 0 Å². The first-order valence-corrected chi connectivity index (χ1v) is 7.66. The van der Waals surface area contributed by atoms with E-state index in [1.807, 2.05) is 0 Å². The van der Waals surface area contributed by atoms with Crippen LogP contribution in [0.2, 0.25) is 0 Å². The third-order valence-corrected chi connectivity index (χ3v) is 4.81. The van der Waals surface area contributed by atoms with Gasteiger partial charge in [0.05, 0.1) is 0 Å². The number of rotatable bonds is 1. The highest BCUT2D eigenvalue weighted by atomic mass is 14.3. The van der Waals surface area contributed by atoms with Gasteiger partial charge in [-0.3, -0.25) is 0 Å². The van der Waals surface area contributed by atoms with Crippen molar-refractivity contribution in [1.82, 2.24) is 0 Å². The van der Waals surface area contributed by atoms with Gasteiger partial charge in [0.1, 0.15) is 0 Å². The summed E-state index contributed by atoms with van der Waals surface area (Å²) < 4.78 is 0. The number of hydrogen-bond donors (Lipinski definition) is 0. The fourth-order valence-corrected chi connectivity index (χ4v) is 2.96. The predicted octanol–water partition coefficient (Wildman–Crippen LogP) is 5.68. The number of fused-ring (bicyclic) bond motifs is 1. The lowest BCUT2D eigenvalue weighted by Gasteiger charge is -2.18. The van der Waals surface area contributed by atoms with Crippen LogP contribution in [0.4, 0.5) is 0 Å². The van der Waals surface area contributed by atoms with Crippen molar-refractivity contribution in [3.8, 4) is 0 Å². The standard InChI is InChI=1S/C20H24/c1-5-20(4)12-7-16-14-15-6-10-19(2,3)11-8-17(15)18(16)9-13-20/h6-13H,5,14H2,1-4H3. The average Bonchev–Trinajstić information content (AvgIpc) is 2.56. The van der Waals surface area contributed by atoms with Gasteiger partial charge in [-0.2, -0.15) is 0 Å². The Hall–Kier alpha value is -1.56. The molecule has 0 aliphatic heterocycles. The first kappa shape index (κ1) is 13.4. The molecule has 0 fully saturated rings. The Morgan fingerprint density at radius 2 is 1.30 bits per heavy atom. The third kappa shape index (κ3) is 2.28. The van der Waals surface area contributed by atoms with Crippen LogP contribution < -0.4 is 0 Å². The van der Waals surface area contributed by atoms with Crippen LogP contribution in [0, 0.1) is 10.8 Å². The van der Waals surface area contributed by atoms with Crippen LogP contribution in [0.1, 0.15) is 40.5 Å². The average molecular weight is 264 g/mol. The highest BCUT2D eigenvalue weighted by Crippen LogP contribution is 2.42. The summed E-state index contributed by atoms with van der Waals surface area (Å²) in [4.78, 5) is 0. The van der Waals surface area contributed by atoms with Crippen molar-refractivity contribution in [2.75, 3.05) is 0 Å². The van der Waals surface area contributed by atoms with Crippen molar-refractivity contribution >= 4 is 0 Å². The molecular weight excluding hydrogens is 240 g/mol. The molecule has 0 saturated heterocycles. The van der Waals surface area contributed by atoms with E-state index in [-0.39, 0.29) is 10.8 Å². The molecule has 3 rings (SSSR count). The van der Waals surface area contributed by atoms with Crippen molar-refractivity contribution in [1.29, 1.82) is 0 Å². The highest BCUT2D eigenvalue weighted by Gasteiger charge is 2.25. The van der Waals surface area contributed by atoms with E-state index in [0.717, 1.165) is 12.8 Å². The Morgan fingerprint density at radius 3 is 1.95 bits per heavy atom. The second-order valence-corrected chi connectivity index (χ2v) is 7.07. The van der Waals surface area contributed by atoms with E-state index in [1.165, 1.54) is 22.3 Å². The largest absolute Gasteiger partial charge is 0.0748 e. The van der Waals surface area contributed by atoms with Crippen LogP contribution in [0.25, 0.3) is 0 Å². The fraction of sp³-hybridized carbons (Fsp3) is 0.400. The van der Waals surface area contributed by atoms with E-state index in [2.05, 4.69) is 76.3 Å². The van der Waals surface area contributed by atoms with E-state index < -0.39 is 0 Å². The summed E-state index contributed by atoms with van der Waals surface area (Å²) >= 11 is 0. The molecule has 0 aromatic carbocycles. The number of hydrogen-bond acceptors (Lipinski definition) is 0. The molecule has 20 heavy (non-hydrogen) atoms. The maximum atomic E-state index is 2.37. The lowest BCUT2D eigenvalue weighted by atomic mass is 9.86. The zero-order valence-corrected chi connectivity index (χ0v) is 13.0. The molecule has 1 unspecified atom stereocenters. The molecule has 0 heteroatoms. The van der Waals surface area contributed by atoms with Gasteiger partial charge in [-0.15, -0.1) is 0 Å². The zero-order chi connectivity index (χ0) is 14.4. The predicted molar refractivity (Wildman–Crippen MR) is 87.4 cm³/mol. The minimum atomic E-state index is 0.160. The van der Waals surface area contributed by atoms with Crippen LogP contribution in [-0.4, -0.2) is 0 Å². The van der Waals surface area contributed by atoms with E-state index in [4.69, 9.17) is 0 Å². The van der Waals surface area contributed by atoms with Crippen LogP contribution in [0.5, 0.6) is 0 Å². The van der Waals surface area contributed by atoms with E-state index in [0.29, 0.717) is 0 Å². The summed E-state index contributed by atoms with van der Waals surface area (Å²) in [5.41, 5.74) is 6.14. The van der Waals surface area contributed by atoms with E-state index in [9.17, 15) is 0 Å². The first-order valence-electron chi connectivity index (χ1n) is 7.66. The lowest BCUT2D eigenvalue weighted by molar-refractivity contribution is 0.530. The molecule has 0 spiro atoms. The minimum Gasteiger partial charge on any atom is -0.0748 e. The summed E-state index contributed by atoms with van der Waals surface area (Å²) in [7, 11) is 0. The van der Waals surface area contributed by atoms with Gasteiger partial charge in [-0.1, -0.05) is 76.3 Å². The van der Waals surface area contributed by atoms with Crippen LogP contribution in [0.3, 0.4) is 0 Å². The normalized spacial score (nSPS) is 30.4. The molecule has 0 bridgehead atoms. The molecule has 3 aliphatic rings. The van der Waals surface area contributed by atoms with Gasteiger partial charge in [0, 0.05) is 10.8 Å². The molecule has 0 saturated carbocycles. The molecule has 104 valence electrons. The molecule has 0 radical (unpaired) electrons. The molecule has 0 N–H and O–H groups in total. The summed E-state index contributed by atoms with van der Waals surface area (Å²) in [6, 6.07) is 0. The Bertz CT molecular complexity index is 614. The Labute approximate surface area is 123 Å². The number of allylic oxidation sites excluding steroid dienone is 12. The summed E-state index contributed by atoms with van der Waals surface area (Å²) in [5.74, 6) is 0. The van der Waals surface area contributed by atoms with Gasteiger partial charge < -0.3 is 0 Å². The smallest absolute Gasteiger partial charge is 0.00366 e. The molecule has 0 heterocycles. The second-order valence-electron chi connectivity index (χ2n) is 7.07. The van der Waals surface area contributed by atoms with Gasteiger partial charge in [-0.25, -0.2) is 0 Å². The van der Waals surface area contributed by atoms with Gasteiger partial charge in [0.25, 0.3) is 0 Å². The molecule has 0 aromatic rings.